The van der Waals surface area contributed by atoms with Crippen molar-refractivity contribution in [2.45, 2.75) is 0 Å². The molecule has 0 unspecified atom stereocenters. The highest BCUT2D eigenvalue weighted by Crippen LogP contribution is 2.00. The van der Waals surface area contributed by atoms with Gasteiger partial charge in [0.15, 0.2) is 0 Å². The van der Waals surface area contributed by atoms with E-state index in [2.05, 4.69) is 0 Å². The number of benzene rings is 1. The average molecular weight is 139 g/mol. The van der Waals surface area contributed by atoms with Crippen LogP contribution in [0.4, 0.5) is 0 Å². The minimum Gasteiger partial charge on any atom is -0.0929 e. The SMILES string of the molecule is Cl/C=C\c1ccccc1. The molecule has 0 saturated heterocycles. The Morgan fingerprint density at radius 1 is 1.11 bits per heavy atom. The molecule has 0 fully saturated rings. The summed E-state index contributed by atoms with van der Waals surface area (Å²) in [7, 11) is 0. The van der Waals surface area contributed by atoms with Crippen LogP contribution in [0.1, 0.15) is 5.56 Å². The standard InChI is InChI=1S/C8H7Cl/c9-7-6-8-4-2-1-3-5-8/h1-7H/b7-6-. The second-order valence-corrected chi connectivity index (χ2v) is 1.96. The van der Waals surface area contributed by atoms with E-state index in [1.807, 2.05) is 36.4 Å². The van der Waals surface area contributed by atoms with Crippen molar-refractivity contribution in [3.63, 3.8) is 0 Å². The number of hydrogen-bond donors (Lipinski definition) is 0. The van der Waals surface area contributed by atoms with Crippen molar-refractivity contribution in [1.29, 1.82) is 0 Å². The molecule has 0 N–H and O–H groups in total. The van der Waals surface area contributed by atoms with Crippen LogP contribution in [0, 0.1) is 0 Å². The van der Waals surface area contributed by atoms with Gasteiger partial charge in [0, 0.05) is 5.54 Å². The van der Waals surface area contributed by atoms with Crippen LogP contribution in [0.2, 0.25) is 0 Å². The summed E-state index contributed by atoms with van der Waals surface area (Å²) in [5.41, 5.74) is 2.64. The lowest BCUT2D eigenvalue weighted by Crippen LogP contribution is -1.64. The van der Waals surface area contributed by atoms with Crippen LogP contribution in [0.25, 0.3) is 6.08 Å². The molecule has 0 bridgehead atoms. The van der Waals surface area contributed by atoms with Gasteiger partial charge in [-0.15, -0.1) is 0 Å². The Bertz CT molecular complexity index is 189. The largest absolute Gasteiger partial charge is 0.0929 e. The van der Waals surface area contributed by atoms with Crippen LogP contribution >= 0.6 is 11.6 Å². The molecule has 1 aromatic rings. The van der Waals surface area contributed by atoms with Gasteiger partial charge in [0.05, 0.1) is 0 Å². The predicted molar refractivity (Wildman–Crippen MR) is 41.3 cm³/mol. The van der Waals surface area contributed by atoms with Crippen molar-refractivity contribution < 1.29 is 0 Å². The maximum atomic E-state index is 5.36. The highest BCUT2D eigenvalue weighted by Gasteiger charge is 1.78. The summed E-state index contributed by atoms with van der Waals surface area (Å²) in [4.78, 5) is 0. The van der Waals surface area contributed by atoms with Gasteiger partial charge in [0.1, 0.15) is 0 Å². The van der Waals surface area contributed by atoms with E-state index in [0.717, 1.165) is 5.56 Å². The first-order chi connectivity index (χ1) is 4.43. The topological polar surface area (TPSA) is 0 Å². The Labute approximate surface area is 59.8 Å². The van der Waals surface area contributed by atoms with E-state index in [9.17, 15) is 0 Å². The molecule has 0 aliphatic rings. The Kier molecular flexibility index (Phi) is 2.34. The molecule has 0 heterocycles. The van der Waals surface area contributed by atoms with Crippen LogP contribution in [0.3, 0.4) is 0 Å². The van der Waals surface area contributed by atoms with Gasteiger partial charge in [-0.1, -0.05) is 41.9 Å². The van der Waals surface area contributed by atoms with E-state index >= 15 is 0 Å². The summed E-state index contributed by atoms with van der Waals surface area (Å²) in [6.45, 7) is 0. The molecular formula is C8H7Cl. The summed E-state index contributed by atoms with van der Waals surface area (Å²) in [6, 6.07) is 9.93. The zero-order valence-corrected chi connectivity index (χ0v) is 5.68. The molecule has 1 aromatic carbocycles. The average Bonchev–Trinajstić information content (AvgIpc) is 1.91. The van der Waals surface area contributed by atoms with Crippen LogP contribution in [-0.4, -0.2) is 0 Å². The minimum atomic E-state index is 1.13. The molecule has 0 aliphatic heterocycles. The third-order valence-corrected chi connectivity index (χ3v) is 1.18. The van der Waals surface area contributed by atoms with Crippen LogP contribution in [0.15, 0.2) is 35.9 Å². The van der Waals surface area contributed by atoms with Gasteiger partial charge in [-0.2, -0.15) is 0 Å². The van der Waals surface area contributed by atoms with Gasteiger partial charge < -0.3 is 0 Å². The zero-order valence-electron chi connectivity index (χ0n) is 4.92. The maximum Gasteiger partial charge on any atom is 0.00484 e. The van der Waals surface area contributed by atoms with Crippen LogP contribution in [-0.2, 0) is 0 Å². The van der Waals surface area contributed by atoms with Gasteiger partial charge in [0.2, 0.25) is 0 Å². The fraction of sp³-hybridized carbons (Fsp3) is 0. The molecular weight excluding hydrogens is 132 g/mol. The maximum absolute atomic E-state index is 5.36. The third-order valence-electron chi connectivity index (χ3n) is 1.06. The van der Waals surface area contributed by atoms with E-state index in [4.69, 9.17) is 11.6 Å². The summed E-state index contributed by atoms with van der Waals surface area (Å²) in [6.07, 6.45) is 1.85. The molecule has 0 aliphatic carbocycles. The zero-order chi connectivity index (χ0) is 6.53. The Morgan fingerprint density at radius 3 is 2.33 bits per heavy atom. The molecule has 1 heteroatoms. The molecule has 0 spiro atoms. The van der Waals surface area contributed by atoms with Crippen LogP contribution in [0.5, 0.6) is 0 Å². The van der Waals surface area contributed by atoms with Crippen molar-refractivity contribution in [3.8, 4) is 0 Å². The van der Waals surface area contributed by atoms with Crippen molar-refractivity contribution in [1.82, 2.24) is 0 Å². The summed E-state index contributed by atoms with van der Waals surface area (Å²) in [5, 5.41) is 0. The Morgan fingerprint density at radius 2 is 1.78 bits per heavy atom. The van der Waals surface area contributed by atoms with E-state index in [0.29, 0.717) is 0 Å². The van der Waals surface area contributed by atoms with E-state index in [-0.39, 0.29) is 0 Å². The predicted octanol–water partition coefficient (Wildman–Crippen LogP) is 2.90. The van der Waals surface area contributed by atoms with Gasteiger partial charge in [-0.05, 0) is 11.6 Å². The lowest BCUT2D eigenvalue weighted by atomic mass is 10.2. The first-order valence-electron chi connectivity index (χ1n) is 2.75. The fourth-order valence-electron chi connectivity index (χ4n) is 0.637. The summed E-state index contributed by atoms with van der Waals surface area (Å²) < 4.78 is 0. The molecule has 0 radical (unpaired) electrons. The normalized spacial score (nSPS) is 10.3. The number of halogens is 1. The quantitative estimate of drug-likeness (QED) is 0.560. The molecule has 1 rings (SSSR count). The second kappa shape index (κ2) is 3.31. The van der Waals surface area contributed by atoms with Gasteiger partial charge >= 0.3 is 0 Å². The van der Waals surface area contributed by atoms with E-state index in [1.165, 1.54) is 5.54 Å². The Balaban J connectivity index is 2.85. The monoisotopic (exact) mass is 138 g/mol. The number of hydrogen-bond acceptors (Lipinski definition) is 0. The third kappa shape index (κ3) is 1.90. The fourth-order valence-corrected chi connectivity index (χ4v) is 0.782. The Hall–Kier alpha value is -0.750. The molecule has 46 valence electrons. The second-order valence-electron chi connectivity index (χ2n) is 1.70. The highest BCUT2D eigenvalue weighted by atomic mass is 35.5. The van der Waals surface area contributed by atoms with Crippen LogP contribution < -0.4 is 0 Å². The molecule has 0 aromatic heterocycles. The molecule has 0 amide bonds. The summed E-state index contributed by atoms with van der Waals surface area (Å²) >= 11 is 5.36. The van der Waals surface area contributed by atoms with Gasteiger partial charge in [-0.3, -0.25) is 0 Å². The van der Waals surface area contributed by atoms with E-state index < -0.39 is 0 Å². The first kappa shape index (κ1) is 6.37. The van der Waals surface area contributed by atoms with Crippen molar-refractivity contribution >= 4 is 17.7 Å². The smallest absolute Gasteiger partial charge is 0.00484 e. The van der Waals surface area contributed by atoms with Crippen molar-refractivity contribution in [2.75, 3.05) is 0 Å². The first-order valence-corrected chi connectivity index (χ1v) is 3.19. The van der Waals surface area contributed by atoms with Gasteiger partial charge in [0.25, 0.3) is 0 Å². The molecule has 0 nitrogen and oxygen atoms in total. The molecule has 9 heavy (non-hydrogen) atoms. The van der Waals surface area contributed by atoms with Crippen molar-refractivity contribution in [2.24, 2.45) is 0 Å². The van der Waals surface area contributed by atoms with Crippen molar-refractivity contribution in [3.05, 3.63) is 41.4 Å². The lowest BCUT2D eigenvalue weighted by Gasteiger charge is -1.86. The molecule has 0 atom stereocenters. The van der Waals surface area contributed by atoms with E-state index in [1.54, 1.807) is 0 Å². The summed E-state index contributed by atoms with van der Waals surface area (Å²) in [5.74, 6) is 0. The number of rotatable bonds is 1. The highest BCUT2D eigenvalue weighted by molar-refractivity contribution is 6.27. The molecule has 0 saturated carbocycles. The van der Waals surface area contributed by atoms with Gasteiger partial charge in [-0.25, -0.2) is 0 Å². The lowest BCUT2D eigenvalue weighted by molar-refractivity contribution is 1.66. The minimum absolute atomic E-state index is 1.13.